The van der Waals surface area contributed by atoms with Crippen molar-refractivity contribution in [3.63, 3.8) is 0 Å². The van der Waals surface area contributed by atoms with Crippen molar-refractivity contribution in [3.05, 3.63) is 246 Å². The van der Waals surface area contributed by atoms with E-state index in [4.69, 9.17) is 0 Å². The van der Waals surface area contributed by atoms with E-state index >= 15 is 0 Å². The zero-order chi connectivity index (χ0) is 44.0. The van der Waals surface area contributed by atoms with E-state index in [2.05, 4.69) is 230 Å². The first kappa shape index (κ1) is 38.7. The molecular weight excluding hydrogens is 791 g/mol. The predicted molar refractivity (Wildman–Crippen MR) is 269 cm³/mol. The molecule has 1 aliphatic carbocycles. The van der Waals surface area contributed by atoms with Gasteiger partial charge in [0.15, 0.2) is 5.78 Å². The Morgan fingerprint density at radius 1 is 0.292 bits per heavy atom. The number of para-hydroxylation sites is 3. The van der Waals surface area contributed by atoms with Crippen molar-refractivity contribution in [2.45, 2.75) is 38.5 Å². The Morgan fingerprint density at radius 3 is 1.48 bits per heavy atom. The number of anilines is 9. The summed E-state index contributed by atoms with van der Waals surface area (Å²) in [6, 6.07) is 76.3. The highest BCUT2D eigenvalue weighted by molar-refractivity contribution is 6.13. The van der Waals surface area contributed by atoms with Crippen molar-refractivity contribution in [1.82, 2.24) is 0 Å². The first-order valence-corrected chi connectivity index (χ1v) is 22.6. The molecule has 9 aromatic carbocycles. The second-order valence-corrected chi connectivity index (χ2v) is 18.6. The number of carbonyl (C=O) groups excluding carboxylic acids is 1. The topological polar surface area (TPSA) is 26.8 Å². The highest BCUT2D eigenvalue weighted by Crippen LogP contribution is 2.58. The van der Waals surface area contributed by atoms with E-state index in [0.717, 1.165) is 84.3 Å². The maximum Gasteiger partial charge on any atom is 0.193 e. The van der Waals surface area contributed by atoms with Crippen LogP contribution in [0.1, 0.15) is 65.9 Å². The predicted octanol–water partition coefficient (Wildman–Crippen LogP) is 16.3. The Bertz CT molecular complexity index is 3320. The SMILES string of the molecule is CC1(C)c2ccccc2C(=O)c2ccc(-c3cccc(N4c5ccc(-c6ccccc6)cc5N(c5ccccc5)c5cc(N6c7ccccc7C(C)(C)c7ccccc76)ccc54)c3)cc21. The molecule has 0 amide bonds. The van der Waals surface area contributed by atoms with Crippen LogP contribution in [0.25, 0.3) is 22.3 Å². The van der Waals surface area contributed by atoms with Crippen molar-refractivity contribution in [2.24, 2.45) is 0 Å². The highest BCUT2D eigenvalue weighted by atomic mass is 16.1. The quantitative estimate of drug-likeness (QED) is 0.173. The summed E-state index contributed by atoms with van der Waals surface area (Å²) >= 11 is 0. The van der Waals surface area contributed by atoms with Crippen LogP contribution in [0.3, 0.4) is 0 Å². The summed E-state index contributed by atoms with van der Waals surface area (Å²) in [5.41, 5.74) is 20.2. The lowest BCUT2D eigenvalue weighted by Crippen LogP contribution is -2.30. The largest absolute Gasteiger partial charge is 0.310 e. The summed E-state index contributed by atoms with van der Waals surface area (Å²) in [5.74, 6) is 0.0919. The van der Waals surface area contributed by atoms with Crippen LogP contribution in [0, 0.1) is 0 Å². The number of benzene rings is 9. The van der Waals surface area contributed by atoms with E-state index in [9.17, 15) is 4.79 Å². The number of ketones is 1. The van der Waals surface area contributed by atoms with E-state index in [1.54, 1.807) is 0 Å². The van der Waals surface area contributed by atoms with Gasteiger partial charge < -0.3 is 14.7 Å². The normalized spacial score (nSPS) is 15.0. The van der Waals surface area contributed by atoms with Gasteiger partial charge in [0.2, 0.25) is 0 Å². The molecule has 2 heterocycles. The van der Waals surface area contributed by atoms with Crippen molar-refractivity contribution in [2.75, 3.05) is 14.7 Å². The lowest BCUT2D eigenvalue weighted by atomic mass is 9.68. The van der Waals surface area contributed by atoms with Gasteiger partial charge in [0, 0.05) is 39.0 Å². The number of hydrogen-bond acceptors (Lipinski definition) is 4. The molecule has 0 radical (unpaired) electrons. The fourth-order valence-corrected chi connectivity index (χ4v) is 10.8. The van der Waals surface area contributed by atoms with Crippen molar-refractivity contribution >= 4 is 57.0 Å². The fourth-order valence-electron chi connectivity index (χ4n) is 10.8. The average Bonchev–Trinajstić information content (AvgIpc) is 3.35. The molecule has 65 heavy (non-hydrogen) atoms. The molecule has 4 heteroatoms. The van der Waals surface area contributed by atoms with Crippen LogP contribution in [0.4, 0.5) is 51.2 Å². The molecule has 0 spiro atoms. The van der Waals surface area contributed by atoms with E-state index < -0.39 is 0 Å². The molecule has 12 rings (SSSR count). The molecule has 312 valence electrons. The first-order chi connectivity index (χ1) is 31.7. The number of fused-ring (bicyclic) bond motifs is 6. The van der Waals surface area contributed by atoms with Gasteiger partial charge in [-0.2, -0.15) is 0 Å². The Morgan fingerprint density at radius 2 is 0.754 bits per heavy atom. The Kier molecular flexibility index (Phi) is 8.66. The zero-order valence-corrected chi connectivity index (χ0v) is 37.0. The van der Waals surface area contributed by atoms with Gasteiger partial charge in [-0.05, 0) is 117 Å². The molecule has 0 fully saturated rings. The van der Waals surface area contributed by atoms with Crippen LogP contribution < -0.4 is 14.7 Å². The Balaban J connectivity index is 1.07. The Labute approximate surface area is 381 Å². The monoisotopic (exact) mass is 837 g/mol. The van der Waals surface area contributed by atoms with Crippen LogP contribution >= 0.6 is 0 Å². The second-order valence-electron chi connectivity index (χ2n) is 18.6. The van der Waals surface area contributed by atoms with Crippen molar-refractivity contribution in [3.8, 4) is 22.3 Å². The molecule has 0 unspecified atom stereocenters. The molecule has 0 aromatic heterocycles. The first-order valence-electron chi connectivity index (χ1n) is 22.6. The van der Waals surface area contributed by atoms with E-state index in [1.165, 1.54) is 22.5 Å². The highest BCUT2D eigenvalue weighted by Gasteiger charge is 2.39. The standard InChI is InChI=1S/C61H47N3O/c1-60(2)49-25-12-11-24-47(49)59(65)48-33-30-42(37-52(48)60)41-20-17-23-45(36-41)64-55-34-31-43(40-18-7-5-8-19-40)38-57(55)62(44-21-9-6-10-22-44)58-39-46(32-35-56(58)64)63-53-28-15-13-26-50(53)61(3,4)51-27-14-16-29-54(51)63/h5-39H,1-4H3. The van der Waals surface area contributed by atoms with Gasteiger partial charge in [0.05, 0.1) is 34.1 Å². The molecule has 2 aliphatic heterocycles. The molecule has 0 bridgehead atoms. The zero-order valence-electron chi connectivity index (χ0n) is 37.0. The average molecular weight is 838 g/mol. The van der Waals surface area contributed by atoms with Crippen LogP contribution in [-0.4, -0.2) is 5.78 Å². The molecular formula is C61H47N3O. The smallest absolute Gasteiger partial charge is 0.193 e. The van der Waals surface area contributed by atoms with Gasteiger partial charge in [-0.25, -0.2) is 0 Å². The van der Waals surface area contributed by atoms with Crippen LogP contribution in [0.5, 0.6) is 0 Å². The molecule has 4 nitrogen and oxygen atoms in total. The van der Waals surface area contributed by atoms with E-state index in [0.29, 0.717) is 0 Å². The second kappa shape index (κ2) is 14.5. The summed E-state index contributed by atoms with van der Waals surface area (Å²) < 4.78 is 0. The van der Waals surface area contributed by atoms with Crippen LogP contribution in [-0.2, 0) is 10.8 Å². The summed E-state index contributed by atoms with van der Waals surface area (Å²) in [4.78, 5) is 21.2. The minimum Gasteiger partial charge on any atom is -0.310 e. The molecule has 0 saturated heterocycles. The third-order valence-electron chi connectivity index (χ3n) is 14.1. The number of hydrogen-bond donors (Lipinski definition) is 0. The lowest BCUT2D eigenvalue weighted by Gasteiger charge is -2.44. The summed E-state index contributed by atoms with van der Waals surface area (Å²) in [6.07, 6.45) is 0. The van der Waals surface area contributed by atoms with Gasteiger partial charge in [-0.3, -0.25) is 4.79 Å². The van der Waals surface area contributed by atoms with Gasteiger partial charge in [-0.1, -0.05) is 167 Å². The van der Waals surface area contributed by atoms with Crippen LogP contribution in [0.15, 0.2) is 212 Å². The van der Waals surface area contributed by atoms with Crippen molar-refractivity contribution in [1.29, 1.82) is 0 Å². The van der Waals surface area contributed by atoms with Gasteiger partial charge in [0.1, 0.15) is 0 Å². The maximum absolute atomic E-state index is 13.8. The van der Waals surface area contributed by atoms with Gasteiger partial charge in [0.25, 0.3) is 0 Å². The summed E-state index contributed by atoms with van der Waals surface area (Å²) in [7, 11) is 0. The third kappa shape index (κ3) is 5.94. The number of rotatable bonds is 5. The van der Waals surface area contributed by atoms with Crippen molar-refractivity contribution < 1.29 is 4.79 Å². The maximum atomic E-state index is 13.8. The summed E-state index contributed by atoms with van der Waals surface area (Å²) in [6.45, 7) is 9.14. The minimum absolute atomic E-state index is 0.0919. The summed E-state index contributed by atoms with van der Waals surface area (Å²) in [5, 5.41) is 0. The van der Waals surface area contributed by atoms with Gasteiger partial charge in [-0.15, -0.1) is 0 Å². The van der Waals surface area contributed by atoms with Crippen LogP contribution in [0.2, 0.25) is 0 Å². The van der Waals surface area contributed by atoms with E-state index in [1.807, 2.05) is 24.3 Å². The molecule has 9 aromatic rings. The lowest BCUT2D eigenvalue weighted by molar-refractivity contribution is 0.103. The Hall–Kier alpha value is -7.95. The minimum atomic E-state index is -0.335. The number of carbonyl (C=O) groups is 1. The van der Waals surface area contributed by atoms with Gasteiger partial charge >= 0.3 is 0 Å². The molecule has 3 aliphatic rings. The molecule has 0 atom stereocenters. The fraction of sp³-hybridized carbons (Fsp3) is 0.0984. The van der Waals surface area contributed by atoms with E-state index in [-0.39, 0.29) is 16.6 Å². The molecule has 0 saturated carbocycles. The third-order valence-corrected chi connectivity index (χ3v) is 14.1. The molecule has 0 N–H and O–H groups in total. The number of nitrogens with zero attached hydrogens (tertiary/aromatic N) is 3.